The van der Waals surface area contributed by atoms with Crippen molar-refractivity contribution >= 4 is 11.6 Å². The number of benzene rings is 1. The molecular formula is C13H14N2O2. The highest BCUT2D eigenvalue weighted by molar-refractivity contribution is 5.89. The Bertz CT molecular complexity index is 484. The zero-order valence-corrected chi connectivity index (χ0v) is 9.56. The lowest BCUT2D eigenvalue weighted by atomic mass is 10.0. The molecule has 2 heterocycles. The lowest BCUT2D eigenvalue weighted by Crippen LogP contribution is -2.38. The number of rotatable bonds is 1. The molecular weight excluding hydrogens is 216 g/mol. The first kappa shape index (κ1) is 10.4. The molecule has 4 heteroatoms. The van der Waals surface area contributed by atoms with Gasteiger partial charge in [0.2, 0.25) is 0 Å². The molecule has 2 aliphatic heterocycles. The van der Waals surface area contributed by atoms with E-state index in [1.165, 1.54) is 16.8 Å². The Morgan fingerprint density at radius 1 is 1.29 bits per heavy atom. The lowest BCUT2D eigenvalue weighted by molar-refractivity contribution is -0.119. The maximum absolute atomic E-state index is 11.6. The first-order valence-electron chi connectivity index (χ1n) is 6.06. The molecule has 0 aromatic heterocycles. The van der Waals surface area contributed by atoms with Crippen LogP contribution in [0.3, 0.4) is 0 Å². The molecule has 17 heavy (non-hydrogen) atoms. The number of amides is 1. The normalized spacial score (nSPS) is 21.9. The lowest BCUT2D eigenvalue weighted by Gasteiger charge is -2.24. The van der Waals surface area contributed by atoms with Crippen molar-refractivity contribution in [2.45, 2.75) is 31.7 Å². The molecule has 88 valence electrons. The van der Waals surface area contributed by atoms with Gasteiger partial charge in [-0.1, -0.05) is 18.2 Å². The van der Waals surface area contributed by atoms with Crippen molar-refractivity contribution in [3.63, 3.8) is 0 Å². The molecule has 1 aromatic rings. The zero-order valence-electron chi connectivity index (χ0n) is 9.56. The Kier molecular flexibility index (Phi) is 2.42. The fraction of sp³-hybridized carbons (Fsp3) is 0.462. The number of hydrogen-bond acceptors (Lipinski definition) is 3. The van der Waals surface area contributed by atoms with E-state index in [4.69, 9.17) is 0 Å². The van der Waals surface area contributed by atoms with Crippen LogP contribution in [0.1, 0.15) is 24.0 Å². The summed E-state index contributed by atoms with van der Waals surface area (Å²) >= 11 is 0. The number of nitroso groups, excluding NO2 is 1. The van der Waals surface area contributed by atoms with Gasteiger partial charge in [-0.15, -0.1) is 4.91 Å². The van der Waals surface area contributed by atoms with E-state index in [2.05, 4.69) is 22.2 Å². The highest BCUT2D eigenvalue weighted by Gasteiger charge is 2.36. The second-order valence-corrected chi connectivity index (χ2v) is 4.72. The van der Waals surface area contributed by atoms with Crippen molar-refractivity contribution in [3.8, 4) is 0 Å². The molecule has 1 unspecified atom stereocenters. The standard InChI is InChI=1S/C13H14N2O2/c16-13(14-17)11-8-10-6-3-5-9-4-1-2-7-15(11)12(9)10/h3,5-6,11H,1-2,4,7-8H2. The van der Waals surface area contributed by atoms with Crippen LogP contribution in [0.5, 0.6) is 0 Å². The van der Waals surface area contributed by atoms with Crippen LogP contribution in [0, 0.1) is 4.91 Å². The average molecular weight is 230 g/mol. The Morgan fingerprint density at radius 2 is 2.12 bits per heavy atom. The van der Waals surface area contributed by atoms with E-state index in [1.54, 1.807) is 0 Å². The third-order valence-corrected chi connectivity index (χ3v) is 3.75. The monoisotopic (exact) mass is 230 g/mol. The summed E-state index contributed by atoms with van der Waals surface area (Å²) in [5.41, 5.74) is 3.68. The summed E-state index contributed by atoms with van der Waals surface area (Å²) in [6.07, 6.45) is 3.90. The van der Waals surface area contributed by atoms with Crippen LogP contribution in [-0.2, 0) is 17.6 Å². The number of anilines is 1. The van der Waals surface area contributed by atoms with Crippen LogP contribution in [0.4, 0.5) is 5.69 Å². The van der Waals surface area contributed by atoms with Crippen molar-refractivity contribution in [1.82, 2.24) is 0 Å². The van der Waals surface area contributed by atoms with E-state index in [1.807, 2.05) is 6.07 Å². The molecule has 1 aromatic carbocycles. The minimum Gasteiger partial charge on any atom is -0.359 e. The van der Waals surface area contributed by atoms with Crippen molar-refractivity contribution < 1.29 is 4.79 Å². The Hall–Kier alpha value is -1.71. The molecule has 0 spiro atoms. The molecule has 1 amide bonds. The molecule has 3 rings (SSSR count). The summed E-state index contributed by atoms with van der Waals surface area (Å²) in [6.45, 7) is 0.857. The van der Waals surface area contributed by atoms with Gasteiger partial charge >= 0.3 is 5.91 Å². The van der Waals surface area contributed by atoms with E-state index in [-0.39, 0.29) is 6.04 Å². The van der Waals surface area contributed by atoms with Gasteiger partial charge < -0.3 is 4.90 Å². The average Bonchev–Trinajstić information content (AvgIpc) is 2.58. The highest BCUT2D eigenvalue weighted by atomic mass is 16.3. The van der Waals surface area contributed by atoms with Crippen LogP contribution in [0.2, 0.25) is 0 Å². The van der Waals surface area contributed by atoms with Gasteiger partial charge in [-0.25, -0.2) is 0 Å². The summed E-state index contributed by atoms with van der Waals surface area (Å²) in [5, 5.41) is 2.61. The number of hydrogen-bond donors (Lipinski definition) is 0. The third kappa shape index (κ3) is 1.55. The Morgan fingerprint density at radius 3 is 2.94 bits per heavy atom. The first-order chi connectivity index (χ1) is 8.31. The zero-order chi connectivity index (χ0) is 11.8. The second-order valence-electron chi connectivity index (χ2n) is 4.72. The molecule has 0 N–H and O–H groups in total. The summed E-state index contributed by atoms with van der Waals surface area (Å²) < 4.78 is 0. The van der Waals surface area contributed by atoms with E-state index >= 15 is 0 Å². The predicted molar refractivity (Wildman–Crippen MR) is 65.0 cm³/mol. The molecule has 0 saturated heterocycles. The summed E-state index contributed by atoms with van der Waals surface area (Å²) in [4.78, 5) is 24.1. The molecule has 0 bridgehead atoms. The minimum absolute atomic E-state index is 0.359. The SMILES string of the molecule is O=NC(=O)C1Cc2cccc3c2N1CCCC3. The molecule has 2 aliphatic rings. The predicted octanol–water partition coefficient (Wildman–Crippen LogP) is 2.05. The smallest absolute Gasteiger partial charge is 0.308 e. The van der Waals surface area contributed by atoms with Crippen LogP contribution >= 0.6 is 0 Å². The van der Waals surface area contributed by atoms with Gasteiger partial charge in [0.05, 0.1) is 0 Å². The second kappa shape index (κ2) is 3.95. The Labute approximate surface area is 99.6 Å². The third-order valence-electron chi connectivity index (χ3n) is 3.75. The van der Waals surface area contributed by atoms with Gasteiger partial charge in [-0.3, -0.25) is 4.79 Å². The van der Waals surface area contributed by atoms with Crippen LogP contribution in [-0.4, -0.2) is 18.5 Å². The van der Waals surface area contributed by atoms with Gasteiger partial charge in [0.15, 0.2) is 0 Å². The van der Waals surface area contributed by atoms with Gasteiger partial charge in [0.1, 0.15) is 6.04 Å². The summed E-state index contributed by atoms with van der Waals surface area (Å²) in [7, 11) is 0. The highest BCUT2D eigenvalue weighted by Crippen LogP contribution is 2.38. The van der Waals surface area contributed by atoms with Crippen molar-refractivity contribution in [2.24, 2.45) is 5.18 Å². The summed E-state index contributed by atoms with van der Waals surface area (Å²) in [5.74, 6) is -0.533. The molecule has 0 fully saturated rings. The number of carbonyl (C=O) groups excluding carboxylic acids is 1. The first-order valence-corrected chi connectivity index (χ1v) is 6.06. The molecule has 0 radical (unpaired) electrons. The van der Waals surface area contributed by atoms with Gasteiger partial charge in [0.25, 0.3) is 0 Å². The van der Waals surface area contributed by atoms with E-state index in [0.717, 1.165) is 25.8 Å². The maximum Gasteiger partial charge on any atom is 0.308 e. The maximum atomic E-state index is 11.6. The topological polar surface area (TPSA) is 49.7 Å². The molecule has 0 aliphatic carbocycles. The van der Waals surface area contributed by atoms with Crippen LogP contribution in [0.25, 0.3) is 0 Å². The summed E-state index contributed by atoms with van der Waals surface area (Å²) in [6, 6.07) is 5.86. The molecule has 0 saturated carbocycles. The molecule has 1 atom stereocenters. The van der Waals surface area contributed by atoms with E-state index in [9.17, 15) is 9.70 Å². The largest absolute Gasteiger partial charge is 0.359 e. The number of carbonyl (C=O) groups is 1. The van der Waals surface area contributed by atoms with Crippen LogP contribution < -0.4 is 4.90 Å². The molecule has 4 nitrogen and oxygen atoms in total. The van der Waals surface area contributed by atoms with Crippen molar-refractivity contribution in [3.05, 3.63) is 34.2 Å². The number of nitrogens with zero attached hydrogens (tertiary/aromatic N) is 2. The minimum atomic E-state index is -0.533. The van der Waals surface area contributed by atoms with Gasteiger partial charge in [-0.05, 0) is 30.4 Å². The van der Waals surface area contributed by atoms with E-state index in [0.29, 0.717) is 6.42 Å². The quantitative estimate of drug-likeness (QED) is 0.694. The van der Waals surface area contributed by atoms with Gasteiger partial charge in [-0.2, -0.15) is 0 Å². The fourth-order valence-electron chi connectivity index (χ4n) is 3.00. The van der Waals surface area contributed by atoms with E-state index < -0.39 is 5.91 Å². The fourth-order valence-corrected chi connectivity index (χ4v) is 3.00. The van der Waals surface area contributed by atoms with Crippen LogP contribution in [0.15, 0.2) is 23.4 Å². The Balaban J connectivity index is 2.07. The van der Waals surface area contributed by atoms with Crippen molar-refractivity contribution in [2.75, 3.05) is 11.4 Å². The number of para-hydroxylation sites is 1. The number of aryl methyl sites for hydroxylation is 1. The van der Waals surface area contributed by atoms with Crippen molar-refractivity contribution in [1.29, 1.82) is 0 Å². The van der Waals surface area contributed by atoms with Gasteiger partial charge in [0, 0.05) is 23.8 Å².